The minimum absolute atomic E-state index is 0. The van der Waals surface area contributed by atoms with Crippen molar-refractivity contribution < 1.29 is 0 Å². The van der Waals surface area contributed by atoms with E-state index in [-0.39, 0.29) is 24.8 Å². The Bertz CT molecular complexity index is 468. The van der Waals surface area contributed by atoms with Crippen LogP contribution in [0.4, 0.5) is 0 Å². The van der Waals surface area contributed by atoms with E-state index in [0.717, 1.165) is 0 Å². The summed E-state index contributed by atoms with van der Waals surface area (Å²) in [5, 5.41) is 7.29. The molecule has 0 amide bonds. The first-order chi connectivity index (χ1) is 9.11. The van der Waals surface area contributed by atoms with Gasteiger partial charge in [0, 0.05) is 12.1 Å². The molecule has 1 atom stereocenters. The van der Waals surface area contributed by atoms with Gasteiger partial charge in [-0.25, -0.2) is 0 Å². The minimum atomic E-state index is 0. The van der Waals surface area contributed by atoms with E-state index in [1.165, 1.54) is 37.9 Å². The van der Waals surface area contributed by atoms with Gasteiger partial charge in [0.05, 0.1) is 0 Å². The van der Waals surface area contributed by atoms with Gasteiger partial charge in [-0.15, -0.1) is 24.8 Å². The smallest absolute Gasteiger partial charge is 0.0333 e. The molecule has 2 N–H and O–H groups in total. The molecule has 1 aliphatic carbocycles. The van der Waals surface area contributed by atoms with E-state index in [1.807, 2.05) is 0 Å². The molecule has 2 aliphatic rings. The molecule has 1 aromatic rings. The normalized spacial score (nSPS) is 22.6. The van der Waals surface area contributed by atoms with E-state index in [0.29, 0.717) is 17.5 Å². The molecule has 0 saturated carbocycles. The van der Waals surface area contributed by atoms with Crippen molar-refractivity contribution in [1.82, 2.24) is 10.6 Å². The second-order valence-electron chi connectivity index (χ2n) is 6.70. The highest BCUT2D eigenvalue weighted by Crippen LogP contribution is 2.50. The van der Waals surface area contributed by atoms with Crippen LogP contribution in [0.5, 0.6) is 0 Å². The summed E-state index contributed by atoms with van der Waals surface area (Å²) in [6, 6.07) is 8.18. The van der Waals surface area contributed by atoms with Crippen LogP contribution in [0.3, 0.4) is 0 Å². The van der Waals surface area contributed by atoms with Crippen molar-refractivity contribution >= 4 is 24.8 Å². The van der Waals surface area contributed by atoms with Gasteiger partial charge < -0.3 is 10.6 Å². The van der Waals surface area contributed by atoms with Gasteiger partial charge in [0.2, 0.25) is 0 Å². The molecule has 0 bridgehead atoms. The topological polar surface area (TPSA) is 24.1 Å². The van der Waals surface area contributed by atoms with Crippen molar-refractivity contribution in [2.24, 2.45) is 0 Å². The third-order valence-electron chi connectivity index (χ3n) is 4.85. The summed E-state index contributed by atoms with van der Waals surface area (Å²) < 4.78 is 0. The van der Waals surface area contributed by atoms with Crippen LogP contribution in [0.15, 0.2) is 18.2 Å². The van der Waals surface area contributed by atoms with Crippen LogP contribution in [0.2, 0.25) is 0 Å². The first-order valence-electron chi connectivity index (χ1n) is 7.68. The molecule has 1 aliphatic heterocycles. The summed E-state index contributed by atoms with van der Waals surface area (Å²) in [6.07, 6.45) is 3.87. The highest BCUT2D eigenvalue weighted by Gasteiger charge is 2.44. The lowest BCUT2D eigenvalue weighted by Gasteiger charge is -2.35. The Morgan fingerprint density at radius 2 is 1.86 bits per heavy atom. The Labute approximate surface area is 141 Å². The molecule has 120 valence electrons. The SMILES string of the molecule is Cc1ccc2c(c1)C1(CCNCC1)CC2NC(C)C.Cl.Cl. The molecule has 1 unspecified atom stereocenters. The van der Waals surface area contributed by atoms with E-state index in [4.69, 9.17) is 0 Å². The van der Waals surface area contributed by atoms with Crippen LogP contribution in [0.25, 0.3) is 0 Å². The zero-order chi connectivity index (χ0) is 13.5. The molecule has 2 nitrogen and oxygen atoms in total. The minimum Gasteiger partial charge on any atom is -0.317 e. The number of benzene rings is 1. The van der Waals surface area contributed by atoms with Crippen LogP contribution in [-0.2, 0) is 5.41 Å². The van der Waals surface area contributed by atoms with E-state index in [9.17, 15) is 0 Å². The lowest BCUT2D eigenvalue weighted by atomic mass is 9.74. The number of fused-ring (bicyclic) bond motifs is 2. The lowest BCUT2D eigenvalue weighted by molar-refractivity contribution is 0.278. The molecule has 3 rings (SSSR count). The highest BCUT2D eigenvalue weighted by atomic mass is 35.5. The molecular formula is C17H28Cl2N2. The van der Waals surface area contributed by atoms with E-state index >= 15 is 0 Å². The van der Waals surface area contributed by atoms with Gasteiger partial charge in [-0.1, -0.05) is 37.6 Å². The summed E-state index contributed by atoms with van der Waals surface area (Å²) in [4.78, 5) is 0. The van der Waals surface area contributed by atoms with Gasteiger partial charge in [-0.05, 0) is 55.8 Å². The van der Waals surface area contributed by atoms with E-state index in [2.05, 4.69) is 49.6 Å². The predicted molar refractivity (Wildman–Crippen MR) is 95.1 cm³/mol. The van der Waals surface area contributed by atoms with Crippen molar-refractivity contribution in [3.8, 4) is 0 Å². The molecule has 0 radical (unpaired) electrons. The van der Waals surface area contributed by atoms with Crippen molar-refractivity contribution in [2.75, 3.05) is 13.1 Å². The Kier molecular flexibility index (Phi) is 6.54. The second-order valence-corrected chi connectivity index (χ2v) is 6.70. The third-order valence-corrected chi connectivity index (χ3v) is 4.85. The average molecular weight is 331 g/mol. The maximum Gasteiger partial charge on any atom is 0.0333 e. The molecule has 0 aromatic heterocycles. The number of rotatable bonds is 2. The Balaban J connectivity index is 0.00000110. The predicted octanol–water partition coefficient (Wildman–Crippen LogP) is 3.90. The maximum absolute atomic E-state index is 3.77. The quantitative estimate of drug-likeness (QED) is 0.859. The number of halogens is 2. The zero-order valence-corrected chi connectivity index (χ0v) is 14.9. The molecule has 1 aromatic carbocycles. The van der Waals surface area contributed by atoms with Crippen LogP contribution >= 0.6 is 24.8 Å². The number of hydrogen-bond donors (Lipinski definition) is 2. The maximum atomic E-state index is 3.77. The van der Waals surface area contributed by atoms with Crippen LogP contribution in [0, 0.1) is 6.92 Å². The van der Waals surface area contributed by atoms with Crippen LogP contribution < -0.4 is 10.6 Å². The van der Waals surface area contributed by atoms with E-state index < -0.39 is 0 Å². The number of piperidine rings is 1. The summed E-state index contributed by atoms with van der Waals surface area (Å²) in [5.41, 5.74) is 5.02. The number of aryl methyl sites for hydroxylation is 1. The van der Waals surface area contributed by atoms with Gasteiger partial charge in [0.1, 0.15) is 0 Å². The van der Waals surface area contributed by atoms with Crippen molar-refractivity contribution in [3.05, 3.63) is 34.9 Å². The average Bonchev–Trinajstić information content (AvgIpc) is 2.64. The monoisotopic (exact) mass is 330 g/mol. The van der Waals surface area contributed by atoms with Gasteiger partial charge in [0.15, 0.2) is 0 Å². The standard InChI is InChI=1S/C17H26N2.2ClH/c1-12(2)19-16-11-17(6-8-18-9-7-17)15-10-13(3)4-5-14(15)16;;/h4-5,10,12,16,18-19H,6-9,11H2,1-3H3;2*1H. The Morgan fingerprint density at radius 3 is 2.48 bits per heavy atom. The first-order valence-corrected chi connectivity index (χ1v) is 7.68. The molecule has 21 heavy (non-hydrogen) atoms. The van der Waals surface area contributed by atoms with Crippen molar-refractivity contribution in [3.63, 3.8) is 0 Å². The molecule has 4 heteroatoms. The molecule has 1 saturated heterocycles. The summed E-state index contributed by atoms with van der Waals surface area (Å²) in [7, 11) is 0. The molecule has 1 spiro atoms. The third kappa shape index (κ3) is 3.56. The molecule has 1 fully saturated rings. The lowest BCUT2D eigenvalue weighted by Crippen LogP contribution is -2.39. The van der Waals surface area contributed by atoms with Crippen LogP contribution in [0.1, 0.15) is 55.8 Å². The van der Waals surface area contributed by atoms with Gasteiger partial charge in [-0.3, -0.25) is 0 Å². The zero-order valence-electron chi connectivity index (χ0n) is 13.2. The Hall–Kier alpha value is -0.280. The van der Waals surface area contributed by atoms with E-state index in [1.54, 1.807) is 11.1 Å². The van der Waals surface area contributed by atoms with Crippen LogP contribution in [-0.4, -0.2) is 19.1 Å². The number of nitrogens with one attached hydrogen (secondary N) is 2. The number of hydrogen-bond acceptors (Lipinski definition) is 2. The van der Waals surface area contributed by atoms with Crippen molar-refractivity contribution in [2.45, 2.75) is 57.5 Å². The fourth-order valence-corrected chi connectivity index (χ4v) is 3.97. The van der Waals surface area contributed by atoms with Gasteiger partial charge in [-0.2, -0.15) is 0 Å². The molecular weight excluding hydrogens is 303 g/mol. The second kappa shape index (κ2) is 7.32. The van der Waals surface area contributed by atoms with Gasteiger partial charge >= 0.3 is 0 Å². The Morgan fingerprint density at radius 1 is 1.19 bits per heavy atom. The van der Waals surface area contributed by atoms with Crippen molar-refractivity contribution in [1.29, 1.82) is 0 Å². The fourth-order valence-electron chi connectivity index (χ4n) is 3.97. The summed E-state index contributed by atoms with van der Waals surface area (Å²) >= 11 is 0. The van der Waals surface area contributed by atoms with Gasteiger partial charge in [0.25, 0.3) is 0 Å². The first kappa shape index (κ1) is 18.8. The largest absolute Gasteiger partial charge is 0.317 e. The fraction of sp³-hybridized carbons (Fsp3) is 0.647. The summed E-state index contributed by atoms with van der Waals surface area (Å²) in [6.45, 7) is 9.06. The highest BCUT2D eigenvalue weighted by molar-refractivity contribution is 5.85. The molecule has 1 heterocycles. The summed E-state index contributed by atoms with van der Waals surface area (Å²) in [5.74, 6) is 0.